The van der Waals surface area contributed by atoms with E-state index in [1.807, 2.05) is 49.4 Å². The molecule has 0 aliphatic carbocycles. The highest BCUT2D eigenvalue weighted by molar-refractivity contribution is 7.12. The third-order valence-corrected chi connectivity index (χ3v) is 5.45. The predicted octanol–water partition coefficient (Wildman–Crippen LogP) is 6.98. The molecule has 0 saturated carbocycles. The van der Waals surface area contributed by atoms with Crippen molar-refractivity contribution in [1.82, 2.24) is 0 Å². The van der Waals surface area contributed by atoms with Gasteiger partial charge in [-0.2, -0.15) is 0 Å². The number of aryl methyl sites for hydroxylation is 1. The zero-order valence-corrected chi connectivity index (χ0v) is 15.5. The maximum absolute atomic E-state index is 14.4. The first-order valence-corrected chi connectivity index (χ1v) is 9.56. The third kappa shape index (κ3) is 4.29. The molecule has 3 heteroatoms. The van der Waals surface area contributed by atoms with Crippen LogP contribution in [-0.4, -0.2) is 0 Å². The van der Waals surface area contributed by atoms with Gasteiger partial charge in [-0.3, -0.25) is 0 Å². The fraction of sp³-hybridized carbons (Fsp3) is 0.273. The standard InChI is InChI=1S/C22H23FOS/c1-3-16-10-12-18(13-11-16)24-15-19-14-20(17-8-6-5-7-9-17)22(25-19)21(23)4-2/h5-14,21H,3-4,15H2,1-2H3. The topological polar surface area (TPSA) is 9.23 Å². The number of hydrogen-bond acceptors (Lipinski definition) is 2. The van der Waals surface area contributed by atoms with E-state index in [2.05, 4.69) is 25.1 Å². The number of halogens is 1. The number of benzene rings is 2. The summed E-state index contributed by atoms with van der Waals surface area (Å²) in [6.07, 6.45) is 0.570. The number of hydrogen-bond donors (Lipinski definition) is 0. The molecule has 0 saturated heterocycles. The van der Waals surface area contributed by atoms with Crippen LogP contribution >= 0.6 is 11.3 Å². The van der Waals surface area contributed by atoms with Crippen LogP contribution in [0.1, 0.15) is 41.8 Å². The first-order valence-electron chi connectivity index (χ1n) is 8.75. The molecule has 1 heterocycles. The molecular weight excluding hydrogens is 331 g/mol. The van der Waals surface area contributed by atoms with Crippen molar-refractivity contribution in [3.05, 3.63) is 76.0 Å². The fourth-order valence-corrected chi connectivity index (χ4v) is 3.92. The van der Waals surface area contributed by atoms with Crippen molar-refractivity contribution >= 4 is 11.3 Å². The summed E-state index contributed by atoms with van der Waals surface area (Å²) in [5.74, 6) is 0.848. The minimum absolute atomic E-state index is 0.465. The molecule has 0 amide bonds. The van der Waals surface area contributed by atoms with Gasteiger partial charge in [0.25, 0.3) is 0 Å². The van der Waals surface area contributed by atoms with Crippen molar-refractivity contribution in [1.29, 1.82) is 0 Å². The van der Waals surface area contributed by atoms with E-state index < -0.39 is 6.17 Å². The van der Waals surface area contributed by atoms with E-state index in [9.17, 15) is 4.39 Å². The maximum Gasteiger partial charge on any atom is 0.135 e. The Labute approximate surface area is 153 Å². The monoisotopic (exact) mass is 354 g/mol. The van der Waals surface area contributed by atoms with Crippen molar-refractivity contribution in [3.63, 3.8) is 0 Å². The number of alkyl halides is 1. The van der Waals surface area contributed by atoms with Gasteiger partial charge in [0.2, 0.25) is 0 Å². The zero-order chi connectivity index (χ0) is 17.6. The van der Waals surface area contributed by atoms with E-state index in [-0.39, 0.29) is 0 Å². The molecule has 0 fully saturated rings. The highest BCUT2D eigenvalue weighted by Crippen LogP contribution is 2.39. The molecule has 0 N–H and O–H groups in total. The van der Waals surface area contributed by atoms with Gasteiger partial charge in [0.1, 0.15) is 18.5 Å². The first kappa shape index (κ1) is 17.7. The van der Waals surface area contributed by atoms with Crippen molar-refractivity contribution in [3.8, 4) is 16.9 Å². The summed E-state index contributed by atoms with van der Waals surface area (Å²) in [5.41, 5.74) is 3.34. The van der Waals surface area contributed by atoms with Gasteiger partial charge >= 0.3 is 0 Å². The lowest BCUT2D eigenvalue weighted by molar-refractivity contribution is 0.309. The lowest BCUT2D eigenvalue weighted by Crippen LogP contribution is -1.92. The number of rotatable bonds is 7. The zero-order valence-electron chi connectivity index (χ0n) is 14.7. The minimum Gasteiger partial charge on any atom is -0.488 e. The van der Waals surface area contributed by atoms with Gasteiger partial charge in [-0.15, -0.1) is 11.3 Å². The summed E-state index contributed by atoms with van der Waals surface area (Å²) in [7, 11) is 0. The van der Waals surface area contributed by atoms with E-state index in [4.69, 9.17) is 4.74 Å². The van der Waals surface area contributed by atoms with Crippen LogP contribution in [0.3, 0.4) is 0 Å². The molecule has 0 spiro atoms. The Kier molecular flexibility index (Phi) is 5.87. The average Bonchev–Trinajstić information content (AvgIpc) is 3.11. The van der Waals surface area contributed by atoms with Gasteiger partial charge in [-0.25, -0.2) is 4.39 Å². The van der Waals surface area contributed by atoms with Crippen LogP contribution in [0.25, 0.3) is 11.1 Å². The molecule has 0 radical (unpaired) electrons. The van der Waals surface area contributed by atoms with Gasteiger partial charge in [0.05, 0.1) is 0 Å². The molecule has 0 aliphatic rings. The van der Waals surface area contributed by atoms with Gasteiger partial charge in [-0.05, 0) is 47.7 Å². The Hall–Kier alpha value is -2.13. The molecule has 0 aliphatic heterocycles. The van der Waals surface area contributed by atoms with Crippen LogP contribution in [0.5, 0.6) is 5.75 Å². The maximum atomic E-state index is 14.4. The third-order valence-electron chi connectivity index (χ3n) is 4.25. The molecule has 0 bridgehead atoms. The van der Waals surface area contributed by atoms with Crippen molar-refractivity contribution < 1.29 is 9.13 Å². The molecule has 1 unspecified atom stereocenters. The Balaban J connectivity index is 1.80. The smallest absolute Gasteiger partial charge is 0.135 e. The van der Waals surface area contributed by atoms with E-state index in [0.717, 1.165) is 33.1 Å². The summed E-state index contributed by atoms with van der Waals surface area (Å²) >= 11 is 1.51. The van der Waals surface area contributed by atoms with Gasteiger partial charge in [0.15, 0.2) is 0 Å². The van der Waals surface area contributed by atoms with Crippen LogP contribution in [0, 0.1) is 0 Å². The second-order valence-electron chi connectivity index (χ2n) is 6.02. The summed E-state index contributed by atoms with van der Waals surface area (Å²) < 4.78 is 20.3. The summed E-state index contributed by atoms with van der Waals surface area (Å²) in [6, 6.07) is 20.2. The number of ether oxygens (including phenoxy) is 1. The summed E-state index contributed by atoms with van der Waals surface area (Å²) in [5, 5.41) is 0. The highest BCUT2D eigenvalue weighted by Gasteiger charge is 2.18. The predicted molar refractivity (Wildman–Crippen MR) is 104 cm³/mol. The van der Waals surface area contributed by atoms with E-state index in [0.29, 0.717) is 13.0 Å². The van der Waals surface area contributed by atoms with Crippen LogP contribution in [0.4, 0.5) is 4.39 Å². The van der Waals surface area contributed by atoms with Crippen LogP contribution in [0.2, 0.25) is 0 Å². The molecule has 2 aromatic carbocycles. The van der Waals surface area contributed by atoms with Gasteiger partial charge < -0.3 is 4.74 Å². The van der Waals surface area contributed by atoms with Crippen molar-refractivity contribution in [2.45, 2.75) is 39.5 Å². The van der Waals surface area contributed by atoms with Crippen LogP contribution in [0.15, 0.2) is 60.7 Å². The summed E-state index contributed by atoms with van der Waals surface area (Å²) in [4.78, 5) is 1.85. The Bertz CT molecular complexity index is 793. The lowest BCUT2D eigenvalue weighted by Gasteiger charge is -2.06. The quantitative estimate of drug-likeness (QED) is 0.445. The SMILES string of the molecule is CCc1ccc(OCc2cc(-c3ccccc3)c(C(F)CC)s2)cc1. The van der Waals surface area contributed by atoms with Crippen molar-refractivity contribution in [2.24, 2.45) is 0 Å². The Morgan fingerprint density at radius 1 is 1.00 bits per heavy atom. The van der Waals surface area contributed by atoms with E-state index in [1.165, 1.54) is 16.9 Å². The number of thiophene rings is 1. The van der Waals surface area contributed by atoms with E-state index >= 15 is 0 Å². The molecule has 1 nitrogen and oxygen atoms in total. The van der Waals surface area contributed by atoms with Crippen LogP contribution in [-0.2, 0) is 13.0 Å². The average molecular weight is 354 g/mol. The lowest BCUT2D eigenvalue weighted by atomic mass is 10.0. The Morgan fingerprint density at radius 3 is 2.36 bits per heavy atom. The molecule has 1 aromatic heterocycles. The molecular formula is C22H23FOS. The molecule has 3 aromatic rings. The summed E-state index contributed by atoms with van der Waals surface area (Å²) in [6.45, 7) is 4.48. The Morgan fingerprint density at radius 2 is 1.72 bits per heavy atom. The second-order valence-corrected chi connectivity index (χ2v) is 7.19. The van der Waals surface area contributed by atoms with Crippen LogP contribution < -0.4 is 4.74 Å². The molecule has 130 valence electrons. The normalized spacial score (nSPS) is 12.1. The van der Waals surface area contributed by atoms with Crippen molar-refractivity contribution in [2.75, 3.05) is 0 Å². The largest absolute Gasteiger partial charge is 0.488 e. The van der Waals surface area contributed by atoms with E-state index in [1.54, 1.807) is 0 Å². The molecule has 1 atom stereocenters. The van der Waals surface area contributed by atoms with Gasteiger partial charge in [-0.1, -0.05) is 56.3 Å². The fourth-order valence-electron chi connectivity index (χ4n) is 2.77. The van der Waals surface area contributed by atoms with Gasteiger partial charge in [0, 0.05) is 9.75 Å². The molecule has 25 heavy (non-hydrogen) atoms. The second kappa shape index (κ2) is 8.30. The molecule has 3 rings (SSSR count). The first-order chi connectivity index (χ1) is 12.2. The minimum atomic E-state index is -0.933. The highest BCUT2D eigenvalue weighted by atomic mass is 32.1.